The molecule has 0 aliphatic rings. The number of halogens is 4. The van der Waals surface area contributed by atoms with E-state index in [1.54, 1.807) is 0 Å². The van der Waals surface area contributed by atoms with Gasteiger partial charge in [-0.1, -0.05) is 36.4 Å². The minimum Gasteiger partial charge on any atom is -0.355 e. The first-order valence-corrected chi connectivity index (χ1v) is 4.40. The van der Waals surface area contributed by atoms with E-state index in [2.05, 4.69) is 53.5 Å². The maximum atomic E-state index is 3.38. The highest BCUT2D eigenvalue weighted by Crippen LogP contribution is 2.24. The maximum Gasteiger partial charge on any atom is 0.0464 e. The van der Waals surface area contributed by atoms with Gasteiger partial charge in [0.15, 0.2) is 0 Å². The van der Waals surface area contributed by atoms with Crippen LogP contribution in [0.15, 0.2) is 48.5 Å². The molecular formula is C12H13Cl4N. The molecule has 0 saturated heterocycles. The molecule has 1 heterocycles. The van der Waals surface area contributed by atoms with E-state index in [0.717, 1.165) is 0 Å². The summed E-state index contributed by atoms with van der Waals surface area (Å²) < 4.78 is 0. The van der Waals surface area contributed by atoms with Gasteiger partial charge in [0.05, 0.1) is 0 Å². The van der Waals surface area contributed by atoms with Crippen molar-refractivity contribution in [2.75, 3.05) is 0 Å². The molecule has 0 unspecified atom stereocenters. The summed E-state index contributed by atoms with van der Waals surface area (Å²) in [7, 11) is 0. The van der Waals surface area contributed by atoms with Gasteiger partial charge in [0.2, 0.25) is 0 Å². The zero-order valence-corrected chi connectivity index (χ0v) is 12.0. The van der Waals surface area contributed by atoms with Crippen molar-refractivity contribution in [1.29, 1.82) is 0 Å². The quantitative estimate of drug-likeness (QED) is 0.600. The predicted octanol–water partition coefficient (Wildman–Crippen LogP) is 5.01. The third-order valence-corrected chi connectivity index (χ3v) is 2.41. The van der Waals surface area contributed by atoms with Gasteiger partial charge in [-0.05, 0) is 12.1 Å². The highest BCUT2D eigenvalue weighted by atomic mass is 35.5. The van der Waals surface area contributed by atoms with Crippen LogP contribution in [0.1, 0.15) is 0 Å². The summed E-state index contributed by atoms with van der Waals surface area (Å²) >= 11 is 0. The largest absolute Gasteiger partial charge is 0.355 e. The van der Waals surface area contributed by atoms with Crippen molar-refractivity contribution in [3.05, 3.63) is 48.5 Å². The van der Waals surface area contributed by atoms with E-state index in [1.807, 2.05) is 0 Å². The molecule has 0 radical (unpaired) electrons. The normalized spacial score (nSPS) is 8.47. The first-order valence-electron chi connectivity index (χ1n) is 4.40. The molecule has 1 nitrogen and oxygen atoms in total. The Hall–Kier alpha value is -0.600. The molecule has 94 valence electrons. The Morgan fingerprint density at radius 3 is 1.29 bits per heavy atom. The second-order valence-electron chi connectivity index (χ2n) is 3.22. The molecule has 0 saturated carbocycles. The lowest BCUT2D eigenvalue weighted by atomic mass is 10.2. The van der Waals surface area contributed by atoms with Crippen LogP contribution >= 0.6 is 49.6 Å². The van der Waals surface area contributed by atoms with Gasteiger partial charge in [0, 0.05) is 21.8 Å². The van der Waals surface area contributed by atoms with Crippen LogP contribution in [0.5, 0.6) is 0 Å². The average Bonchev–Trinajstić information content (AvgIpc) is 2.56. The van der Waals surface area contributed by atoms with E-state index < -0.39 is 0 Å². The number of H-pyrrole nitrogens is 1. The van der Waals surface area contributed by atoms with Crippen molar-refractivity contribution in [1.82, 2.24) is 4.98 Å². The van der Waals surface area contributed by atoms with Gasteiger partial charge in [0.25, 0.3) is 0 Å². The van der Waals surface area contributed by atoms with Crippen molar-refractivity contribution in [3.8, 4) is 0 Å². The fraction of sp³-hybridized carbons (Fsp3) is 0. The molecule has 17 heavy (non-hydrogen) atoms. The Morgan fingerprint density at radius 1 is 0.529 bits per heavy atom. The summed E-state index contributed by atoms with van der Waals surface area (Å²) in [5, 5.41) is 2.61. The fourth-order valence-corrected chi connectivity index (χ4v) is 1.80. The van der Waals surface area contributed by atoms with Crippen LogP contribution < -0.4 is 0 Å². The second-order valence-corrected chi connectivity index (χ2v) is 3.22. The van der Waals surface area contributed by atoms with Crippen molar-refractivity contribution in [2.45, 2.75) is 0 Å². The smallest absolute Gasteiger partial charge is 0.0464 e. The van der Waals surface area contributed by atoms with E-state index in [0.29, 0.717) is 0 Å². The van der Waals surface area contributed by atoms with Gasteiger partial charge in [-0.2, -0.15) is 0 Å². The van der Waals surface area contributed by atoms with Crippen LogP contribution in [0.3, 0.4) is 0 Å². The zero-order chi connectivity index (χ0) is 8.67. The number of aromatic amines is 1. The molecule has 0 atom stereocenters. The van der Waals surface area contributed by atoms with Gasteiger partial charge >= 0.3 is 0 Å². The number of hydrogen-bond acceptors (Lipinski definition) is 0. The van der Waals surface area contributed by atoms with Crippen LogP contribution in [0, 0.1) is 0 Å². The van der Waals surface area contributed by atoms with Crippen LogP contribution in [0.2, 0.25) is 0 Å². The SMILES string of the molecule is Cl.Cl.Cl.Cl.c1ccc2c(c1)[nH]c1ccccc12. The minimum atomic E-state index is 0. The Kier molecular flexibility index (Phi) is 8.47. The van der Waals surface area contributed by atoms with Gasteiger partial charge in [-0.3, -0.25) is 0 Å². The topological polar surface area (TPSA) is 15.8 Å². The second kappa shape index (κ2) is 7.67. The van der Waals surface area contributed by atoms with E-state index in [4.69, 9.17) is 0 Å². The molecule has 0 spiro atoms. The standard InChI is InChI=1S/C12H9N.4ClH/c1-3-7-11-9(5-1)10-6-2-4-8-12(10)13-11;;;;/h1-8,13H;4*1H. The highest BCUT2D eigenvalue weighted by Gasteiger charge is 2.00. The van der Waals surface area contributed by atoms with E-state index >= 15 is 0 Å². The lowest BCUT2D eigenvalue weighted by molar-refractivity contribution is 1.55. The average molecular weight is 313 g/mol. The van der Waals surface area contributed by atoms with Crippen molar-refractivity contribution in [2.24, 2.45) is 0 Å². The van der Waals surface area contributed by atoms with E-state index in [1.165, 1.54) is 21.8 Å². The third kappa shape index (κ3) is 3.20. The van der Waals surface area contributed by atoms with Crippen molar-refractivity contribution >= 4 is 71.4 Å². The number of rotatable bonds is 0. The minimum absolute atomic E-state index is 0. The number of para-hydroxylation sites is 2. The molecule has 0 aliphatic carbocycles. The van der Waals surface area contributed by atoms with Crippen LogP contribution in [0.4, 0.5) is 0 Å². The van der Waals surface area contributed by atoms with Gasteiger partial charge < -0.3 is 4.98 Å². The van der Waals surface area contributed by atoms with E-state index in [9.17, 15) is 0 Å². The molecule has 1 aromatic heterocycles. The molecule has 2 aromatic carbocycles. The number of aromatic nitrogens is 1. The maximum absolute atomic E-state index is 3.38. The Bertz CT molecular complexity index is 526. The number of hydrogen-bond donors (Lipinski definition) is 1. The van der Waals surface area contributed by atoms with Gasteiger partial charge in [-0.15, -0.1) is 49.6 Å². The van der Waals surface area contributed by atoms with Gasteiger partial charge in [0.1, 0.15) is 0 Å². The van der Waals surface area contributed by atoms with Crippen LogP contribution in [-0.2, 0) is 0 Å². The Balaban J connectivity index is 0. The monoisotopic (exact) mass is 311 g/mol. The molecule has 0 aliphatic heterocycles. The number of fused-ring (bicyclic) bond motifs is 3. The molecule has 3 aromatic rings. The van der Waals surface area contributed by atoms with Gasteiger partial charge in [-0.25, -0.2) is 0 Å². The molecule has 3 rings (SSSR count). The lowest BCUT2D eigenvalue weighted by Gasteiger charge is -1.87. The third-order valence-electron chi connectivity index (χ3n) is 2.41. The summed E-state index contributed by atoms with van der Waals surface area (Å²) in [5.41, 5.74) is 2.42. The first kappa shape index (κ1) is 18.8. The predicted molar refractivity (Wildman–Crippen MR) is 84.8 cm³/mol. The molecule has 0 fully saturated rings. The molecule has 5 heteroatoms. The highest BCUT2D eigenvalue weighted by molar-refractivity contribution is 6.06. The summed E-state index contributed by atoms with van der Waals surface area (Å²) in [5.74, 6) is 0. The zero-order valence-electron chi connectivity index (χ0n) is 8.75. The fourth-order valence-electron chi connectivity index (χ4n) is 1.80. The number of nitrogens with one attached hydrogen (secondary N) is 1. The molecule has 0 amide bonds. The Morgan fingerprint density at radius 2 is 0.882 bits per heavy atom. The summed E-state index contributed by atoms with van der Waals surface area (Å²) in [6, 6.07) is 16.8. The Labute approximate surface area is 125 Å². The van der Waals surface area contributed by atoms with Crippen LogP contribution in [0.25, 0.3) is 21.8 Å². The molecule has 0 bridgehead atoms. The molecular weight excluding hydrogens is 300 g/mol. The summed E-state index contributed by atoms with van der Waals surface area (Å²) in [4.78, 5) is 3.38. The summed E-state index contributed by atoms with van der Waals surface area (Å²) in [6.45, 7) is 0. The van der Waals surface area contributed by atoms with Crippen molar-refractivity contribution in [3.63, 3.8) is 0 Å². The molecule has 1 N–H and O–H groups in total. The summed E-state index contributed by atoms with van der Waals surface area (Å²) in [6.07, 6.45) is 0. The number of benzene rings is 2. The van der Waals surface area contributed by atoms with E-state index in [-0.39, 0.29) is 49.6 Å². The van der Waals surface area contributed by atoms with Crippen LogP contribution in [-0.4, -0.2) is 4.98 Å². The lowest BCUT2D eigenvalue weighted by Crippen LogP contribution is -1.62. The van der Waals surface area contributed by atoms with Crippen molar-refractivity contribution < 1.29 is 0 Å². The first-order chi connectivity index (χ1) is 6.45.